The zero-order valence-corrected chi connectivity index (χ0v) is 14.7. The molecule has 0 saturated heterocycles. The Morgan fingerprint density at radius 2 is 1.90 bits per heavy atom. The maximum Gasteiger partial charge on any atom is 0.133 e. The summed E-state index contributed by atoms with van der Waals surface area (Å²) < 4.78 is 11.6. The van der Waals surface area contributed by atoms with Gasteiger partial charge in [0.1, 0.15) is 12.4 Å². The van der Waals surface area contributed by atoms with E-state index in [1.54, 1.807) is 7.11 Å². The molecular weight excluding hydrogens is 318 g/mol. The highest BCUT2D eigenvalue weighted by molar-refractivity contribution is 9.10. The SMILES string of the molecule is CNC(c1ccc(OCCOC)c(Br)c1)C(C)C(C)C. The number of benzene rings is 1. The molecule has 0 fully saturated rings. The first kappa shape index (κ1) is 17.5. The third-order valence-corrected chi connectivity index (χ3v) is 4.37. The minimum Gasteiger partial charge on any atom is -0.490 e. The van der Waals surface area contributed by atoms with Gasteiger partial charge in [-0.2, -0.15) is 0 Å². The topological polar surface area (TPSA) is 30.5 Å². The van der Waals surface area contributed by atoms with Crippen molar-refractivity contribution in [1.82, 2.24) is 5.32 Å². The zero-order valence-electron chi connectivity index (χ0n) is 13.1. The molecule has 0 heterocycles. The molecule has 20 heavy (non-hydrogen) atoms. The number of hydrogen-bond acceptors (Lipinski definition) is 3. The third-order valence-electron chi connectivity index (χ3n) is 3.75. The van der Waals surface area contributed by atoms with E-state index in [0.717, 1.165) is 10.2 Å². The average Bonchev–Trinajstić information content (AvgIpc) is 2.42. The summed E-state index contributed by atoms with van der Waals surface area (Å²) in [7, 11) is 3.69. The van der Waals surface area contributed by atoms with Crippen molar-refractivity contribution < 1.29 is 9.47 Å². The Morgan fingerprint density at radius 3 is 2.40 bits per heavy atom. The Hall–Kier alpha value is -0.580. The Morgan fingerprint density at radius 1 is 1.20 bits per heavy atom. The summed E-state index contributed by atoms with van der Waals surface area (Å²) in [6.07, 6.45) is 0. The molecule has 0 saturated carbocycles. The van der Waals surface area contributed by atoms with Gasteiger partial charge in [0.2, 0.25) is 0 Å². The largest absolute Gasteiger partial charge is 0.490 e. The lowest BCUT2D eigenvalue weighted by Crippen LogP contribution is -2.26. The molecule has 0 radical (unpaired) electrons. The second-order valence-corrected chi connectivity index (χ2v) is 6.25. The van der Waals surface area contributed by atoms with Crippen molar-refractivity contribution in [3.63, 3.8) is 0 Å². The average molecular weight is 344 g/mol. The van der Waals surface area contributed by atoms with Crippen LogP contribution in [0.25, 0.3) is 0 Å². The van der Waals surface area contributed by atoms with Crippen LogP contribution in [0.1, 0.15) is 32.4 Å². The summed E-state index contributed by atoms with van der Waals surface area (Å²) >= 11 is 3.59. The first-order valence-corrected chi connectivity index (χ1v) is 7.89. The molecule has 2 atom stereocenters. The number of ether oxygens (including phenoxy) is 2. The van der Waals surface area contributed by atoms with Crippen LogP contribution in [0.15, 0.2) is 22.7 Å². The van der Waals surface area contributed by atoms with Crippen LogP contribution in [-0.2, 0) is 4.74 Å². The molecule has 1 aromatic rings. The van der Waals surface area contributed by atoms with E-state index in [4.69, 9.17) is 9.47 Å². The van der Waals surface area contributed by atoms with Gasteiger partial charge in [-0.25, -0.2) is 0 Å². The van der Waals surface area contributed by atoms with Gasteiger partial charge in [-0.3, -0.25) is 0 Å². The molecule has 0 aliphatic heterocycles. The molecule has 4 heteroatoms. The third kappa shape index (κ3) is 4.76. The lowest BCUT2D eigenvalue weighted by atomic mass is 9.86. The Balaban J connectivity index is 2.84. The van der Waals surface area contributed by atoms with Crippen molar-refractivity contribution in [1.29, 1.82) is 0 Å². The van der Waals surface area contributed by atoms with Crippen LogP contribution < -0.4 is 10.1 Å². The van der Waals surface area contributed by atoms with E-state index in [9.17, 15) is 0 Å². The van der Waals surface area contributed by atoms with E-state index in [1.807, 2.05) is 13.1 Å². The highest BCUT2D eigenvalue weighted by Gasteiger charge is 2.21. The van der Waals surface area contributed by atoms with Crippen LogP contribution in [0.4, 0.5) is 0 Å². The second kappa shape index (κ2) is 8.65. The van der Waals surface area contributed by atoms with Crippen LogP contribution in [0.2, 0.25) is 0 Å². The highest BCUT2D eigenvalue weighted by atomic mass is 79.9. The molecule has 2 unspecified atom stereocenters. The van der Waals surface area contributed by atoms with E-state index >= 15 is 0 Å². The van der Waals surface area contributed by atoms with Crippen LogP contribution in [0.5, 0.6) is 5.75 Å². The van der Waals surface area contributed by atoms with Crippen molar-refractivity contribution in [2.24, 2.45) is 11.8 Å². The van der Waals surface area contributed by atoms with Crippen LogP contribution in [0, 0.1) is 11.8 Å². The molecule has 0 aliphatic rings. The molecule has 0 bridgehead atoms. The normalized spacial score (nSPS) is 14.3. The minimum absolute atomic E-state index is 0.347. The summed E-state index contributed by atoms with van der Waals surface area (Å²) in [6.45, 7) is 7.95. The summed E-state index contributed by atoms with van der Waals surface area (Å²) in [4.78, 5) is 0. The molecule has 3 nitrogen and oxygen atoms in total. The standard InChI is InChI=1S/C16H26BrNO2/c1-11(2)12(3)16(18-4)13-6-7-15(14(17)10-13)20-9-8-19-5/h6-7,10-12,16,18H,8-9H2,1-5H3. The van der Waals surface area contributed by atoms with E-state index < -0.39 is 0 Å². The maximum absolute atomic E-state index is 5.66. The second-order valence-electron chi connectivity index (χ2n) is 5.40. The predicted octanol–water partition coefficient (Wildman–Crippen LogP) is 4.03. The van der Waals surface area contributed by atoms with Gasteiger partial charge in [-0.05, 0) is 52.5 Å². The summed E-state index contributed by atoms with van der Waals surface area (Å²) in [5, 5.41) is 3.42. The number of rotatable bonds is 8. The van der Waals surface area contributed by atoms with Gasteiger partial charge in [0.25, 0.3) is 0 Å². The Bertz CT molecular complexity index is 409. The van der Waals surface area contributed by atoms with Gasteiger partial charge in [-0.1, -0.05) is 26.8 Å². The van der Waals surface area contributed by atoms with Crippen molar-refractivity contribution in [2.45, 2.75) is 26.8 Å². The van der Waals surface area contributed by atoms with E-state index in [1.165, 1.54) is 5.56 Å². The fourth-order valence-electron chi connectivity index (χ4n) is 2.18. The van der Waals surface area contributed by atoms with E-state index in [2.05, 4.69) is 54.2 Å². The van der Waals surface area contributed by atoms with Crippen molar-refractivity contribution >= 4 is 15.9 Å². The fourth-order valence-corrected chi connectivity index (χ4v) is 2.69. The zero-order chi connectivity index (χ0) is 15.1. The lowest BCUT2D eigenvalue weighted by Gasteiger charge is -2.27. The van der Waals surface area contributed by atoms with E-state index in [-0.39, 0.29) is 0 Å². The summed E-state index contributed by atoms with van der Waals surface area (Å²) in [6, 6.07) is 6.64. The van der Waals surface area contributed by atoms with Gasteiger partial charge in [0.15, 0.2) is 0 Å². The molecule has 0 amide bonds. The van der Waals surface area contributed by atoms with Gasteiger partial charge >= 0.3 is 0 Å². The molecule has 114 valence electrons. The number of hydrogen-bond donors (Lipinski definition) is 1. The molecule has 0 aliphatic carbocycles. The summed E-state index contributed by atoms with van der Waals surface area (Å²) in [5.41, 5.74) is 1.28. The molecule has 0 spiro atoms. The first-order valence-electron chi connectivity index (χ1n) is 7.09. The van der Waals surface area contributed by atoms with Crippen LogP contribution >= 0.6 is 15.9 Å². The number of methoxy groups -OCH3 is 1. The first-order chi connectivity index (χ1) is 9.51. The van der Waals surface area contributed by atoms with Crippen LogP contribution in [-0.4, -0.2) is 27.4 Å². The van der Waals surface area contributed by atoms with Gasteiger partial charge < -0.3 is 14.8 Å². The fraction of sp³-hybridized carbons (Fsp3) is 0.625. The van der Waals surface area contributed by atoms with Gasteiger partial charge in [0.05, 0.1) is 11.1 Å². The quantitative estimate of drug-likeness (QED) is 0.723. The van der Waals surface area contributed by atoms with Crippen molar-refractivity contribution in [3.8, 4) is 5.75 Å². The molecule has 1 rings (SSSR count). The minimum atomic E-state index is 0.347. The number of nitrogens with one attached hydrogen (secondary N) is 1. The van der Waals surface area contributed by atoms with Crippen LogP contribution in [0.3, 0.4) is 0 Å². The van der Waals surface area contributed by atoms with Crippen molar-refractivity contribution in [2.75, 3.05) is 27.4 Å². The maximum atomic E-state index is 5.66. The molecule has 0 aromatic heterocycles. The van der Waals surface area contributed by atoms with E-state index in [0.29, 0.717) is 31.1 Å². The lowest BCUT2D eigenvalue weighted by molar-refractivity contribution is 0.146. The Labute approximate surface area is 131 Å². The smallest absolute Gasteiger partial charge is 0.133 e. The van der Waals surface area contributed by atoms with Crippen molar-refractivity contribution in [3.05, 3.63) is 28.2 Å². The number of halogens is 1. The molecule has 1 N–H and O–H groups in total. The Kier molecular flexibility index (Phi) is 7.56. The molecule has 1 aromatic carbocycles. The predicted molar refractivity (Wildman–Crippen MR) is 87.3 cm³/mol. The highest BCUT2D eigenvalue weighted by Crippen LogP contribution is 2.33. The summed E-state index contributed by atoms with van der Waals surface area (Å²) in [5.74, 6) is 2.05. The van der Waals surface area contributed by atoms with Gasteiger partial charge in [0, 0.05) is 13.2 Å². The monoisotopic (exact) mass is 343 g/mol. The van der Waals surface area contributed by atoms with Gasteiger partial charge in [-0.15, -0.1) is 0 Å². The molecular formula is C16H26BrNO2.